The monoisotopic (exact) mass is 498 g/mol. The molecule has 2 aromatic carbocycles. The molecule has 1 amide bonds. The summed E-state index contributed by atoms with van der Waals surface area (Å²) in [5.41, 5.74) is 1.84. The lowest BCUT2D eigenvalue weighted by atomic mass is 9.96. The largest absolute Gasteiger partial charge is 0.497 e. The third kappa shape index (κ3) is 6.93. The minimum absolute atomic E-state index is 0.0492. The molecule has 0 bridgehead atoms. The first-order chi connectivity index (χ1) is 16.9. The van der Waals surface area contributed by atoms with Crippen LogP contribution in [0.4, 0.5) is 0 Å². The lowest BCUT2D eigenvalue weighted by molar-refractivity contribution is -0.139. The number of benzene rings is 2. The van der Waals surface area contributed by atoms with E-state index in [2.05, 4.69) is 0 Å². The van der Waals surface area contributed by atoms with Crippen molar-refractivity contribution in [3.63, 3.8) is 0 Å². The highest BCUT2D eigenvalue weighted by atomic mass is 32.2. The molecule has 0 spiro atoms. The number of amides is 1. The van der Waals surface area contributed by atoms with E-state index < -0.39 is 10.0 Å². The Labute approximate surface area is 208 Å². The van der Waals surface area contributed by atoms with Crippen LogP contribution in [0.2, 0.25) is 0 Å². The third-order valence-corrected chi connectivity index (χ3v) is 8.23. The summed E-state index contributed by atoms with van der Waals surface area (Å²) in [6, 6.07) is 17.1. The Morgan fingerprint density at radius 3 is 2.57 bits per heavy atom. The molecule has 7 nitrogen and oxygen atoms in total. The van der Waals surface area contributed by atoms with Crippen LogP contribution < -0.4 is 4.74 Å². The fourth-order valence-corrected chi connectivity index (χ4v) is 5.91. The molecule has 8 heteroatoms. The Kier molecular flexibility index (Phi) is 8.59. The highest BCUT2D eigenvalue weighted by molar-refractivity contribution is 7.92. The van der Waals surface area contributed by atoms with Gasteiger partial charge in [-0.1, -0.05) is 42.5 Å². The van der Waals surface area contributed by atoms with E-state index in [1.165, 1.54) is 9.71 Å². The summed E-state index contributed by atoms with van der Waals surface area (Å²) < 4.78 is 38.3. The first kappa shape index (κ1) is 25.4. The van der Waals surface area contributed by atoms with Crippen LogP contribution in [0.15, 0.2) is 60.0 Å². The molecule has 0 radical (unpaired) electrons. The summed E-state index contributed by atoms with van der Waals surface area (Å²) in [5.74, 6) is 0.626. The van der Waals surface area contributed by atoms with Gasteiger partial charge in [-0.15, -0.1) is 0 Å². The van der Waals surface area contributed by atoms with Crippen molar-refractivity contribution in [2.45, 2.75) is 38.3 Å². The van der Waals surface area contributed by atoms with Gasteiger partial charge in [-0.05, 0) is 55.0 Å². The molecule has 1 unspecified atom stereocenters. The molecular weight excluding hydrogens is 464 g/mol. The van der Waals surface area contributed by atoms with Crippen LogP contribution in [0.1, 0.15) is 36.8 Å². The minimum atomic E-state index is -3.53. The molecule has 0 N–H and O–H groups in total. The van der Waals surface area contributed by atoms with Crippen molar-refractivity contribution < 1.29 is 22.7 Å². The van der Waals surface area contributed by atoms with E-state index >= 15 is 0 Å². The van der Waals surface area contributed by atoms with Gasteiger partial charge in [0.15, 0.2) is 0 Å². The van der Waals surface area contributed by atoms with E-state index in [9.17, 15) is 13.2 Å². The van der Waals surface area contributed by atoms with Crippen LogP contribution >= 0.6 is 0 Å². The van der Waals surface area contributed by atoms with E-state index in [4.69, 9.17) is 9.47 Å². The highest BCUT2D eigenvalue weighted by Crippen LogP contribution is 2.25. The SMILES string of the molecule is COc1cccc(CN(CC2CCCO2)C(=O)C2CCN(S(=O)(=O)/C=C/c3ccccc3)CC2)c1. The Bertz CT molecular complexity index is 1110. The van der Waals surface area contributed by atoms with Crippen molar-refractivity contribution in [1.29, 1.82) is 0 Å². The van der Waals surface area contributed by atoms with Gasteiger partial charge in [0, 0.05) is 44.1 Å². The van der Waals surface area contributed by atoms with Gasteiger partial charge in [0.25, 0.3) is 0 Å². The van der Waals surface area contributed by atoms with E-state index in [0.29, 0.717) is 39.0 Å². The number of methoxy groups -OCH3 is 1. The standard InChI is InChI=1S/C27H34N2O5S/c1-33-25-10-5-9-23(19-25)20-28(21-26-11-6-17-34-26)27(30)24-12-15-29(16-13-24)35(31,32)18-14-22-7-3-2-4-8-22/h2-5,7-10,14,18-19,24,26H,6,11-13,15-17,20-21H2,1H3/b18-14+. The average molecular weight is 499 g/mol. The molecular formula is C27H34N2O5S. The topological polar surface area (TPSA) is 76.2 Å². The normalized spacial score (nSPS) is 19.7. The fraction of sp³-hybridized carbons (Fsp3) is 0.444. The predicted molar refractivity (Wildman–Crippen MR) is 136 cm³/mol. The number of piperidine rings is 1. The zero-order chi connectivity index (χ0) is 24.7. The van der Waals surface area contributed by atoms with Crippen LogP contribution in [-0.2, 0) is 26.1 Å². The van der Waals surface area contributed by atoms with Crippen molar-refractivity contribution in [3.05, 3.63) is 71.1 Å². The summed E-state index contributed by atoms with van der Waals surface area (Å²) >= 11 is 0. The number of nitrogens with zero attached hydrogens (tertiary/aromatic N) is 2. The van der Waals surface area contributed by atoms with Gasteiger partial charge in [-0.3, -0.25) is 4.79 Å². The van der Waals surface area contributed by atoms with Gasteiger partial charge in [-0.25, -0.2) is 8.42 Å². The summed E-state index contributed by atoms with van der Waals surface area (Å²) in [5, 5.41) is 1.26. The molecule has 188 valence electrons. The van der Waals surface area contributed by atoms with Crippen LogP contribution in [-0.4, -0.2) is 63.0 Å². The van der Waals surface area contributed by atoms with Crippen molar-refractivity contribution in [2.75, 3.05) is 33.4 Å². The Morgan fingerprint density at radius 1 is 1.11 bits per heavy atom. The number of hydrogen-bond donors (Lipinski definition) is 0. The van der Waals surface area contributed by atoms with Crippen LogP contribution in [0.25, 0.3) is 6.08 Å². The molecule has 0 aliphatic carbocycles. The van der Waals surface area contributed by atoms with Crippen LogP contribution in [0, 0.1) is 5.92 Å². The molecule has 2 saturated heterocycles. The van der Waals surface area contributed by atoms with Crippen LogP contribution in [0.5, 0.6) is 5.75 Å². The quantitative estimate of drug-likeness (QED) is 0.524. The van der Waals surface area contributed by atoms with Crippen molar-refractivity contribution in [1.82, 2.24) is 9.21 Å². The lowest BCUT2D eigenvalue weighted by Gasteiger charge is -2.34. The van der Waals surface area contributed by atoms with Gasteiger partial charge < -0.3 is 14.4 Å². The number of ether oxygens (including phenoxy) is 2. The number of hydrogen-bond acceptors (Lipinski definition) is 5. The van der Waals surface area contributed by atoms with Crippen molar-refractivity contribution in [3.8, 4) is 5.75 Å². The molecule has 2 aromatic rings. The van der Waals surface area contributed by atoms with Gasteiger partial charge in [0.2, 0.25) is 15.9 Å². The smallest absolute Gasteiger partial charge is 0.236 e. The number of carbonyl (C=O) groups is 1. The second-order valence-electron chi connectivity index (χ2n) is 9.14. The Hall–Kier alpha value is -2.68. The summed E-state index contributed by atoms with van der Waals surface area (Å²) in [6.45, 7) is 2.44. The van der Waals surface area contributed by atoms with Gasteiger partial charge >= 0.3 is 0 Å². The maximum absolute atomic E-state index is 13.6. The third-order valence-electron chi connectivity index (χ3n) is 6.66. The molecule has 35 heavy (non-hydrogen) atoms. The highest BCUT2D eigenvalue weighted by Gasteiger charge is 2.33. The van der Waals surface area contributed by atoms with Gasteiger partial charge in [0.1, 0.15) is 5.75 Å². The Balaban J connectivity index is 1.40. The first-order valence-corrected chi connectivity index (χ1v) is 13.7. The number of rotatable bonds is 9. The van der Waals surface area contributed by atoms with Gasteiger partial charge in [0.05, 0.1) is 13.2 Å². The van der Waals surface area contributed by atoms with E-state index in [0.717, 1.165) is 36.3 Å². The summed E-state index contributed by atoms with van der Waals surface area (Å²) in [7, 11) is -1.90. The summed E-state index contributed by atoms with van der Waals surface area (Å²) in [6.07, 6.45) is 4.65. The van der Waals surface area contributed by atoms with Crippen molar-refractivity contribution >= 4 is 22.0 Å². The molecule has 0 saturated carbocycles. The lowest BCUT2D eigenvalue weighted by Crippen LogP contribution is -2.45. The first-order valence-electron chi connectivity index (χ1n) is 12.2. The molecule has 4 rings (SSSR count). The molecule has 2 heterocycles. The maximum atomic E-state index is 13.6. The molecule has 0 aromatic heterocycles. The predicted octanol–water partition coefficient (Wildman–Crippen LogP) is 3.92. The molecule has 1 atom stereocenters. The second kappa shape index (κ2) is 11.8. The zero-order valence-corrected chi connectivity index (χ0v) is 21.0. The minimum Gasteiger partial charge on any atom is -0.497 e. The summed E-state index contributed by atoms with van der Waals surface area (Å²) in [4.78, 5) is 15.5. The second-order valence-corrected chi connectivity index (χ2v) is 11.0. The van der Waals surface area contributed by atoms with Gasteiger partial charge in [-0.2, -0.15) is 4.31 Å². The van der Waals surface area contributed by atoms with E-state index in [-0.39, 0.29) is 17.9 Å². The van der Waals surface area contributed by atoms with Crippen LogP contribution in [0.3, 0.4) is 0 Å². The van der Waals surface area contributed by atoms with E-state index in [1.54, 1.807) is 13.2 Å². The number of carbonyl (C=O) groups excluding carboxylic acids is 1. The average Bonchev–Trinajstić information content (AvgIpc) is 3.41. The Morgan fingerprint density at radius 2 is 1.89 bits per heavy atom. The molecule has 2 aliphatic rings. The van der Waals surface area contributed by atoms with E-state index in [1.807, 2.05) is 59.5 Å². The molecule has 2 fully saturated rings. The number of sulfonamides is 1. The van der Waals surface area contributed by atoms with Crippen molar-refractivity contribution in [2.24, 2.45) is 5.92 Å². The maximum Gasteiger partial charge on any atom is 0.236 e. The molecule has 2 aliphatic heterocycles. The fourth-order valence-electron chi connectivity index (χ4n) is 4.69. The zero-order valence-electron chi connectivity index (χ0n) is 20.2.